The van der Waals surface area contributed by atoms with Crippen LogP contribution in [0.15, 0.2) is 83.0 Å². The molecule has 28 heavy (non-hydrogen) atoms. The van der Waals surface area contributed by atoms with Gasteiger partial charge in [-0.3, -0.25) is 0 Å². The molecule has 0 amide bonds. The quantitative estimate of drug-likeness (QED) is 0.276. The Morgan fingerprint density at radius 2 is 1.18 bits per heavy atom. The number of hydrogen-bond donors (Lipinski definition) is 0. The van der Waals surface area contributed by atoms with E-state index in [-0.39, 0.29) is 0 Å². The number of benzene rings is 3. The van der Waals surface area contributed by atoms with Crippen LogP contribution in [0.1, 0.15) is 38.2 Å². The molecule has 3 aromatic rings. The molecule has 3 nitrogen and oxygen atoms in total. The minimum atomic E-state index is 0.772. The summed E-state index contributed by atoms with van der Waals surface area (Å²) < 4.78 is 5.76. The molecule has 0 heterocycles. The maximum atomic E-state index is 5.76. The number of unbranched alkanes of at least 4 members (excludes halogenated alkanes) is 3. The molecule has 0 radical (unpaired) electrons. The molecule has 0 bridgehead atoms. The van der Waals surface area contributed by atoms with E-state index in [1.807, 2.05) is 36.4 Å². The van der Waals surface area contributed by atoms with E-state index in [4.69, 9.17) is 4.74 Å². The Bertz CT molecular complexity index is 866. The highest BCUT2D eigenvalue weighted by Gasteiger charge is 1.99. The van der Waals surface area contributed by atoms with Crippen LogP contribution < -0.4 is 4.74 Å². The van der Waals surface area contributed by atoms with Crippen LogP contribution >= 0.6 is 0 Å². The molecule has 3 rings (SSSR count). The van der Waals surface area contributed by atoms with E-state index in [1.165, 1.54) is 36.0 Å². The molecule has 0 atom stereocenters. The molecular weight excluding hydrogens is 344 g/mol. The molecule has 0 aromatic heterocycles. The van der Waals surface area contributed by atoms with Crippen LogP contribution in [-0.4, -0.2) is 6.61 Å². The molecular formula is C25H28N2O. The maximum Gasteiger partial charge on any atom is 0.119 e. The minimum Gasteiger partial charge on any atom is -0.494 e. The van der Waals surface area contributed by atoms with Crippen LogP contribution in [-0.2, 0) is 0 Å². The van der Waals surface area contributed by atoms with Crippen molar-refractivity contribution in [3.8, 4) is 16.9 Å². The molecule has 144 valence electrons. The third kappa shape index (κ3) is 6.05. The fourth-order valence-corrected chi connectivity index (χ4v) is 2.91. The first kappa shape index (κ1) is 19.8. The van der Waals surface area contributed by atoms with E-state index in [0.717, 1.165) is 30.2 Å². The van der Waals surface area contributed by atoms with E-state index >= 15 is 0 Å². The summed E-state index contributed by atoms with van der Waals surface area (Å²) in [4.78, 5) is 0. The van der Waals surface area contributed by atoms with Crippen LogP contribution in [0.25, 0.3) is 11.1 Å². The van der Waals surface area contributed by atoms with Gasteiger partial charge in [-0.25, -0.2) is 0 Å². The first-order valence-corrected chi connectivity index (χ1v) is 10.1. The second kappa shape index (κ2) is 10.4. The Hall–Kier alpha value is -2.94. The van der Waals surface area contributed by atoms with Gasteiger partial charge in [0.05, 0.1) is 18.0 Å². The number of hydrogen-bond acceptors (Lipinski definition) is 3. The smallest absolute Gasteiger partial charge is 0.119 e. The number of azo groups is 1. The Balaban J connectivity index is 1.54. The van der Waals surface area contributed by atoms with Gasteiger partial charge in [0, 0.05) is 0 Å². The molecule has 0 spiro atoms. The number of nitrogens with zero attached hydrogens (tertiary/aromatic N) is 2. The molecule has 0 aliphatic rings. The van der Waals surface area contributed by atoms with Crippen molar-refractivity contribution in [2.75, 3.05) is 6.61 Å². The number of aryl methyl sites for hydroxylation is 1. The third-order valence-electron chi connectivity index (χ3n) is 4.64. The van der Waals surface area contributed by atoms with E-state index in [9.17, 15) is 0 Å². The van der Waals surface area contributed by atoms with Gasteiger partial charge in [-0.1, -0.05) is 68.1 Å². The highest BCUT2D eigenvalue weighted by molar-refractivity contribution is 5.65. The van der Waals surface area contributed by atoms with Crippen LogP contribution in [0.2, 0.25) is 0 Å². The van der Waals surface area contributed by atoms with Crippen molar-refractivity contribution in [3.05, 3.63) is 78.4 Å². The predicted octanol–water partition coefficient (Wildman–Crippen LogP) is 8.04. The average Bonchev–Trinajstić information content (AvgIpc) is 2.74. The SMILES string of the molecule is CCCCCCOc1ccc(N=Nc2ccc(-c3ccc(C)cc3)cc2)cc1. The highest BCUT2D eigenvalue weighted by atomic mass is 16.5. The minimum absolute atomic E-state index is 0.772. The maximum absolute atomic E-state index is 5.76. The fourth-order valence-electron chi connectivity index (χ4n) is 2.91. The van der Waals surface area contributed by atoms with Crippen molar-refractivity contribution >= 4 is 11.4 Å². The van der Waals surface area contributed by atoms with Gasteiger partial charge in [-0.15, -0.1) is 0 Å². The van der Waals surface area contributed by atoms with Crippen molar-refractivity contribution in [3.63, 3.8) is 0 Å². The van der Waals surface area contributed by atoms with Gasteiger partial charge < -0.3 is 4.74 Å². The Morgan fingerprint density at radius 3 is 1.75 bits per heavy atom. The van der Waals surface area contributed by atoms with Crippen LogP contribution in [0.3, 0.4) is 0 Å². The molecule has 3 heteroatoms. The van der Waals surface area contributed by atoms with Gasteiger partial charge >= 0.3 is 0 Å². The second-order valence-electron chi connectivity index (χ2n) is 7.02. The summed E-state index contributed by atoms with van der Waals surface area (Å²) in [6, 6.07) is 24.4. The van der Waals surface area contributed by atoms with Gasteiger partial charge in [0.2, 0.25) is 0 Å². The largest absolute Gasteiger partial charge is 0.494 e. The molecule has 3 aromatic carbocycles. The van der Waals surface area contributed by atoms with Crippen molar-refractivity contribution in [1.29, 1.82) is 0 Å². The van der Waals surface area contributed by atoms with Crippen LogP contribution in [0.4, 0.5) is 11.4 Å². The molecule has 0 aliphatic carbocycles. The first-order valence-electron chi connectivity index (χ1n) is 10.1. The summed E-state index contributed by atoms with van der Waals surface area (Å²) in [5, 5.41) is 8.66. The molecule has 0 saturated carbocycles. The van der Waals surface area contributed by atoms with E-state index in [1.54, 1.807) is 0 Å². The zero-order valence-electron chi connectivity index (χ0n) is 16.8. The Kier molecular flexibility index (Phi) is 7.36. The van der Waals surface area contributed by atoms with Gasteiger partial charge in [0.15, 0.2) is 0 Å². The lowest BCUT2D eigenvalue weighted by Gasteiger charge is -2.05. The van der Waals surface area contributed by atoms with Crippen LogP contribution in [0.5, 0.6) is 5.75 Å². The molecule has 0 N–H and O–H groups in total. The summed E-state index contributed by atoms with van der Waals surface area (Å²) in [5.41, 5.74) is 5.31. The van der Waals surface area contributed by atoms with E-state index in [2.05, 4.69) is 60.5 Å². The third-order valence-corrected chi connectivity index (χ3v) is 4.64. The molecule has 0 saturated heterocycles. The molecule has 0 unspecified atom stereocenters. The summed E-state index contributed by atoms with van der Waals surface area (Å²) in [6.07, 6.45) is 4.85. The van der Waals surface area contributed by atoms with E-state index in [0.29, 0.717) is 0 Å². The number of ether oxygens (including phenoxy) is 1. The topological polar surface area (TPSA) is 34.0 Å². The summed E-state index contributed by atoms with van der Waals surface area (Å²) >= 11 is 0. The van der Waals surface area contributed by atoms with Crippen molar-refractivity contribution < 1.29 is 4.74 Å². The van der Waals surface area contributed by atoms with Gasteiger partial charge in [-0.2, -0.15) is 10.2 Å². The highest BCUT2D eigenvalue weighted by Crippen LogP contribution is 2.25. The summed E-state index contributed by atoms with van der Waals surface area (Å²) in [5.74, 6) is 0.887. The normalized spacial score (nSPS) is 11.1. The van der Waals surface area contributed by atoms with Crippen LogP contribution in [0, 0.1) is 6.92 Å². The number of rotatable bonds is 9. The molecule has 0 fully saturated rings. The van der Waals surface area contributed by atoms with Gasteiger partial charge in [0.25, 0.3) is 0 Å². The van der Waals surface area contributed by atoms with Gasteiger partial charge in [-0.05, 0) is 60.9 Å². The first-order chi connectivity index (χ1) is 13.7. The lowest BCUT2D eigenvalue weighted by atomic mass is 10.0. The lowest BCUT2D eigenvalue weighted by Crippen LogP contribution is -1.96. The Morgan fingerprint density at radius 1 is 0.643 bits per heavy atom. The fraction of sp³-hybridized carbons (Fsp3) is 0.280. The predicted molar refractivity (Wildman–Crippen MR) is 117 cm³/mol. The van der Waals surface area contributed by atoms with Crippen molar-refractivity contribution in [2.45, 2.75) is 39.5 Å². The monoisotopic (exact) mass is 372 g/mol. The lowest BCUT2D eigenvalue weighted by molar-refractivity contribution is 0.305. The van der Waals surface area contributed by atoms with Gasteiger partial charge in [0.1, 0.15) is 5.75 Å². The van der Waals surface area contributed by atoms with E-state index < -0.39 is 0 Å². The zero-order chi connectivity index (χ0) is 19.6. The molecule has 0 aliphatic heterocycles. The Labute approximate surface area is 168 Å². The standard InChI is InChI=1S/C25H28N2O/c1-3-4-5-6-19-28-25-17-15-24(16-18-25)27-26-23-13-11-22(12-14-23)21-9-7-20(2)8-10-21/h7-18H,3-6,19H2,1-2H3. The summed E-state index contributed by atoms with van der Waals surface area (Å²) in [6.45, 7) is 5.08. The van der Waals surface area contributed by atoms with Crippen molar-refractivity contribution in [2.24, 2.45) is 10.2 Å². The second-order valence-corrected chi connectivity index (χ2v) is 7.02. The average molecular weight is 373 g/mol. The zero-order valence-corrected chi connectivity index (χ0v) is 16.8. The summed E-state index contributed by atoms with van der Waals surface area (Å²) in [7, 11) is 0. The van der Waals surface area contributed by atoms with Crippen molar-refractivity contribution in [1.82, 2.24) is 0 Å².